The summed E-state index contributed by atoms with van der Waals surface area (Å²) in [5.74, 6) is 0.422. The van der Waals surface area contributed by atoms with Crippen LogP contribution in [0.15, 0.2) is 16.7 Å². The first-order valence-corrected chi connectivity index (χ1v) is 5.83. The molecule has 5 heteroatoms. The molecule has 0 fully saturated rings. The number of nitrogens with one attached hydrogen (secondary N) is 1. The normalized spacial score (nSPS) is 12.3. The minimum Gasteiger partial charge on any atom is -0.310 e. The molecule has 1 aromatic heterocycles. The second-order valence-corrected chi connectivity index (χ2v) is 4.54. The third kappa shape index (κ3) is 3.47. The molecule has 0 aliphatic rings. The quantitative estimate of drug-likeness (QED) is 0.926. The molecule has 0 aliphatic carbocycles. The third-order valence-corrected chi connectivity index (χ3v) is 3.29. The molecule has 1 aromatic rings. The summed E-state index contributed by atoms with van der Waals surface area (Å²) in [6.07, 6.45) is 2.37. The number of halogens is 2. The number of rotatable bonds is 3. The molecule has 0 aromatic carbocycles. The lowest BCUT2D eigenvalue weighted by Crippen LogP contribution is -2.20. The van der Waals surface area contributed by atoms with Gasteiger partial charge in [-0.15, -0.1) is 0 Å². The van der Waals surface area contributed by atoms with Crippen LogP contribution in [0.1, 0.15) is 20.3 Å². The number of hydrogen-bond donors (Lipinski definition) is 1. The van der Waals surface area contributed by atoms with Gasteiger partial charge in [0.2, 0.25) is 5.91 Å². The minimum absolute atomic E-state index is 0.0192. The molecule has 82 valence electrons. The summed E-state index contributed by atoms with van der Waals surface area (Å²) >= 11 is 9.10. The van der Waals surface area contributed by atoms with Crippen molar-refractivity contribution < 1.29 is 4.79 Å². The van der Waals surface area contributed by atoms with E-state index in [1.54, 1.807) is 12.3 Å². The molecule has 1 N–H and O–H groups in total. The van der Waals surface area contributed by atoms with E-state index in [2.05, 4.69) is 26.2 Å². The van der Waals surface area contributed by atoms with Gasteiger partial charge in [-0.25, -0.2) is 4.98 Å². The number of carbonyl (C=O) groups excluding carboxylic acids is 1. The van der Waals surface area contributed by atoms with Crippen molar-refractivity contribution in [1.82, 2.24) is 4.98 Å². The van der Waals surface area contributed by atoms with Crippen LogP contribution in [0, 0.1) is 5.92 Å². The summed E-state index contributed by atoms with van der Waals surface area (Å²) < 4.78 is 0.714. The molecule has 0 bridgehead atoms. The van der Waals surface area contributed by atoms with E-state index < -0.39 is 0 Å². The number of hydrogen-bond acceptors (Lipinski definition) is 2. The van der Waals surface area contributed by atoms with E-state index in [9.17, 15) is 4.79 Å². The van der Waals surface area contributed by atoms with Crippen molar-refractivity contribution in [3.05, 3.63) is 21.8 Å². The van der Waals surface area contributed by atoms with Gasteiger partial charge in [-0.2, -0.15) is 0 Å². The summed E-state index contributed by atoms with van der Waals surface area (Å²) in [5, 5.41) is 3.24. The average Bonchev–Trinajstić information content (AvgIpc) is 2.22. The van der Waals surface area contributed by atoms with Gasteiger partial charge in [0, 0.05) is 18.2 Å². The lowest BCUT2D eigenvalue weighted by Gasteiger charge is -2.09. The predicted octanol–water partition coefficient (Wildman–Crippen LogP) is 3.48. The fraction of sp³-hybridized carbons (Fsp3) is 0.400. The molecular weight excluding hydrogens is 279 g/mol. The molecule has 1 unspecified atom stereocenters. The number of pyridine rings is 1. The molecule has 15 heavy (non-hydrogen) atoms. The van der Waals surface area contributed by atoms with Crippen molar-refractivity contribution in [3.8, 4) is 0 Å². The van der Waals surface area contributed by atoms with Crippen molar-refractivity contribution in [1.29, 1.82) is 0 Å². The first-order chi connectivity index (χ1) is 7.04. The van der Waals surface area contributed by atoms with Gasteiger partial charge in [0.25, 0.3) is 0 Å². The molecule has 0 saturated carbocycles. The highest BCUT2D eigenvalue weighted by Gasteiger charge is 2.11. The van der Waals surface area contributed by atoms with Crippen LogP contribution < -0.4 is 5.32 Å². The van der Waals surface area contributed by atoms with E-state index in [1.165, 1.54) is 0 Å². The molecule has 0 radical (unpaired) electrons. The van der Waals surface area contributed by atoms with Gasteiger partial charge in [-0.05, 0) is 22.4 Å². The highest BCUT2D eigenvalue weighted by molar-refractivity contribution is 9.10. The van der Waals surface area contributed by atoms with Gasteiger partial charge in [0.05, 0.1) is 9.50 Å². The Hall–Kier alpha value is -0.610. The number of nitrogens with zero attached hydrogens (tertiary/aromatic N) is 1. The predicted molar refractivity (Wildman–Crippen MR) is 65.0 cm³/mol. The second kappa shape index (κ2) is 5.47. The van der Waals surface area contributed by atoms with E-state index in [0.717, 1.165) is 6.42 Å². The monoisotopic (exact) mass is 290 g/mol. The van der Waals surface area contributed by atoms with Crippen molar-refractivity contribution in [2.45, 2.75) is 20.3 Å². The van der Waals surface area contributed by atoms with Crippen molar-refractivity contribution in [3.63, 3.8) is 0 Å². The summed E-state index contributed by atoms with van der Waals surface area (Å²) in [6.45, 7) is 3.84. The van der Waals surface area contributed by atoms with Gasteiger partial charge in [-0.1, -0.05) is 25.4 Å². The van der Waals surface area contributed by atoms with Gasteiger partial charge in [0.1, 0.15) is 5.82 Å². The van der Waals surface area contributed by atoms with E-state index in [4.69, 9.17) is 11.6 Å². The number of anilines is 1. The molecule has 1 atom stereocenters. The molecule has 1 heterocycles. The number of amides is 1. The van der Waals surface area contributed by atoms with E-state index in [-0.39, 0.29) is 11.8 Å². The van der Waals surface area contributed by atoms with Gasteiger partial charge < -0.3 is 5.32 Å². The van der Waals surface area contributed by atoms with E-state index in [1.807, 2.05) is 13.8 Å². The zero-order chi connectivity index (χ0) is 11.4. The molecular formula is C10H12BrClN2O. The smallest absolute Gasteiger partial charge is 0.228 e. The standard InChI is InChI=1S/C10H12BrClN2O/c1-3-6(2)10(15)14-9-4-8(12)7(11)5-13-9/h4-6H,3H2,1-2H3,(H,13,14,15). The second-order valence-electron chi connectivity index (χ2n) is 3.28. The van der Waals surface area contributed by atoms with E-state index in [0.29, 0.717) is 15.3 Å². The zero-order valence-corrected chi connectivity index (χ0v) is 10.9. The Morgan fingerprint density at radius 3 is 2.93 bits per heavy atom. The van der Waals surface area contributed by atoms with Gasteiger partial charge in [-0.3, -0.25) is 4.79 Å². The maximum Gasteiger partial charge on any atom is 0.228 e. The first kappa shape index (κ1) is 12.5. The van der Waals surface area contributed by atoms with Crippen LogP contribution in [-0.4, -0.2) is 10.9 Å². The summed E-state index contributed by atoms with van der Waals surface area (Å²) in [5.41, 5.74) is 0. The first-order valence-electron chi connectivity index (χ1n) is 4.66. The number of aromatic nitrogens is 1. The summed E-state index contributed by atoms with van der Waals surface area (Å²) in [4.78, 5) is 15.6. The molecule has 0 spiro atoms. The fourth-order valence-corrected chi connectivity index (χ4v) is 1.29. The third-order valence-electron chi connectivity index (χ3n) is 2.12. The Kier molecular flexibility index (Phi) is 4.54. The highest BCUT2D eigenvalue weighted by atomic mass is 79.9. The van der Waals surface area contributed by atoms with Crippen LogP contribution in [0.25, 0.3) is 0 Å². The van der Waals surface area contributed by atoms with Crippen LogP contribution in [0.3, 0.4) is 0 Å². The lowest BCUT2D eigenvalue weighted by molar-refractivity contribution is -0.119. The molecule has 1 rings (SSSR count). The van der Waals surface area contributed by atoms with Crippen LogP contribution in [-0.2, 0) is 4.79 Å². The number of carbonyl (C=O) groups is 1. The molecule has 1 amide bonds. The van der Waals surface area contributed by atoms with Gasteiger partial charge >= 0.3 is 0 Å². The fourth-order valence-electron chi connectivity index (χ4n) is 0.917. The topological polar surface area (TPSA) is 42.0 Å². The van der Waals surface area contributed by atoms with Crippen LogP contribution in [0.5, 0.6) is 0 Å². The Morgan fingerprint density at radius 1 is 1.73 bits per heavy atom. The Bertz CT molecular complexity index is 370. The van der Waals surface area contributed by atoms with E-state index >= 15 is 0 Å². The summed E-state index contributed by atoms with van der Waals surface area (Å²) in [7, 11) is 0. The largest absolute Gasteiger partial charge is 0.310 e. The zero-order valence-electron chi connectivity index (χ0n) is 8.55. The van der Waals surface area contributed by atoms with Gasteiger partial charge in [0.15, 0.2) is 0 Å². The Balaban J connectivity index is 2.73. The minimum atomic E-state index is -0.0385. The van der Waals surface area contributed by atoms with Crippen molar-refractivity contribution >= 4 is 39.3 Å². The van der Waals surface area contributed by atoms with Crippen LogP contribution >= 0.6 is 27.5 Å². The van der Waals surface area contributed by atoms with Crippen LogP contribution in [0.2, 0.25) is 5.02 Å². The summed E-state index contributed by atoms with van der Waals surface area (Å²) in [6, 6.07) is 1.62. The van der Waals surface area contributed by atoms with Crippen molar-refractivity contribution in [2.24, 2.45) is 5.92 Å². The van der Waals surface area contributed by atoms with Crippen molar-refractivity contribution in [2.75, 3.05) is 5.32 Å². The maximum absolute atomic E-state index is 11.5. The lowest BCUT2D eigenvalue weighted by atomic mass is 10.1. The molecule has 3 nitrogen and oxygen atoms in total. The molecule has 0 saturated heterocycles. The highest BCUT2D eigenvalue weighted by Crippen LogP contribution is 2.23. The Labute approximate surface area is 102 Å². The SMILES string of the molecule is CCC(C)C(=O)Nc1cc(Cl)c(Br)cn1. The average molecular weight is 292 g/mol. The Morgan fingerprint density at radius 2 is 2.40 bits per heavy atom. The van der Waals surface area contributed by atoms with Crippen LogP contribution in [0.4, 0.5) is 5.82 Å². The molecule has 0 aliphatic heterocycles. The maximum atomic E-state index is 11.5.